The second-order valence-corrected chi connectivity index (χ2v) is 5.56. The van der Waals surface area contributed by atoms with Crippen molar-refractivity contribution in [3.63, 3.8) is 0 Å². The Morgan fingerprint density at radius 3 is 2.46 bits per heavy atom. The van der Waals surface area contributed by atoms with E-state index in [0.717, 1.165) is 17.1 Å². The van der Waals surface area contributed by atoms with Crippen LogP contribution in [0.25, 0.3) is 11.8 Å². The highest BCUT2D eigenvalue weighted by molar-refractivity contribution is 6.30. The number of halogens is 1. The lowest BCUT2D eigenvalue weighted by Gasteiger charge is -2.09. The zero-order chi connectivity index (χ0) is 17.9. The van der Waals surface area contributed by atoms with Gasteiger partial charge in [-0.2, -0.15) is 5.26 Å². The van der Waals surface area contributed by atoms with Crippen molar-refractivity contribution in [2.75, 3.05) is 0 Å². The number of imide groups is 1. The van der Waals surface area contributed by atoms with E-state index in [-0.39, 0.29) is 5.57 Å². The average Bonchev–Trinajstić information content (AvgIpc) is 2.79. The van der Waals surface area contributed by atoms with Crippen LogP contribution >= 0.6 is 11.6 Å². The first-order valence-corrected chi connectivity index (χ1v) is 7.38. The van der Waals surface area contributed by atoms with Crippen LogP contribution in [-0.4, -0.2) is 16.5 Å². The van der Waals surface area contributed by atoms with E-state index in [4.69, 9.17) is 22.6 Å². The molecule has 0 atom stereocenters. The molecule has 2 rings (SSSR count). The number of benzene rings is 1. The van der Waals surface area contributed by atoms with Crippen molar-refractivity contribution < 1.29 is 9.59 Å². The molecule has 7 heteroatoms. The summed E-state index contributed by atoms with van der Waals surface area (Å²) in [5.41, 5.74) is 8.07. The third-order valence-corrected chi connectivity index (χ3v) is 3.71. The van der Waals surface area contributed by atoms with Crippen molar-refractivity contribution in [2.45, 2.75) is 13.8 Å². The van der Waals surface area contributed by atoms with Gasteiger partial charge in [0.05, 0.1) is 0 Å². The fraction of sp³-hybridized carbons (Fsp3) is 0.118. The number of aryl methyl sites for hydroxylation is 1. The molecule has 3 N–H and O–H groups in total. The van der Waals surface area contributed by atoms with Gasteiger partial charge in [-0.3, -0.25) is 10.1 Å². The zero-order valence-corrected chi connectivity index (χ0v) is 13.9. The zero-order valence-electron chi connectivity index (χ0n) is 13.1. The molecule has 2 aromatic rings. The third-order valence-electron chi connectivity index (χ3n) is 3.46. The topological polar surface area (TPSA) is 101 Å². The Morgan fingerprint density at radius 1 is 1.29 bits per heavy atom. The van der Waals surface area contributed by atoms with Crippen LogP contribution in [0.15, 0.2) is 35.9 Å². The summed E-state index contributed by atoms with van der Waals surface area (Å²) in [6, 6.07) is 9.93. The molecular formula is C17H15ClN4O2. The lowest BCUT2D eigenvalue weighted by Crippen LogP contribution is -2.35. The van der Waals surface area contributed by atoms with Crippen LogP contribution in [0.4, 0.5) is 4.79 Å². The number of amides is 3. The van der Waals surface area contributed by atoms with Gasteiger partial charge in [-0.25, -0.2) is 4.79 Å². The number of carbonyl (C=O) groups is 2. The largest absolute Gasteiger partial charge is 0.351 e. The Kier molecular flexibility index (Phi) is 5.07. The predicted octanol–water partition coefficient (Wildman–Crippen LogP) is 2.85. The molecule has 0 fully saturated rings. The van der Waals surface area contributed by atoms with Gasteiger partial charge in [-0.05, 0) is 55.8 Å². The maximum absolute atomic E-state index is 11.8. The van der Waals surface area contributed by atoms with Gasteiger partial charge in [-0.15, -0.1) is 0 Å². The number of primary amides is 1. The van der Waals surface area contributed by atoms with E-state index in [1.165, 1.54) is 6.08 Å². The highest BCUT2D eigenvalue weighted by atomic mass is 35.5. The molecule has 0 saturated heterocycles. The fourth-order valence-corrected chi connectivity index (χ4v) is 2.53. The molecule has 24 heavy (non-hydrogen) atoms. The van der Waals surface area contributed by atoms with Crippen LogP contribution in [0.5, 0.6) is 0 Å². The molecule has 0 spiro atoms. The molecule has 3 amide bonds. The molecule has 1 heterocycles. The molecule has 0 aliphatic carbocycles. The minimum Gasteiger partial charge on any atom is -0.351 e. The normalized spacial score (nSPS) is 11.0. The molecule has 0 bridgehead atoms. The Bertz CT molecular complexity index is 873. The van der Waals surface area contributed by atoms with Crippen LogP contribution in [0.2, 0.25) is 5.02 Å². The Morgan fingerprint density at radius 2 is 1.92 bits per heavy atom. The molecule has 1 aromatic carbocycles. The lowest BCUT2D eigenvalue weighted by molar-refractivity contribution is -0.115. The van der Waals surface area contributed by atoms with Crippen molar-refractivity contribution in [1.29, 1.82) is 5.26 Å². The van der Waals surface area contributed by atoms with E-state index >= 15 is 0 Å². The Hall–Kier alpha value is -3.04. The fourth-order valence-electron chi connectivity index (χ4n) is 2.40. The van der Waals surface area contributed by atoms with E-state index in [2.05, 4.69) is 0 Å². The van der Waals surface area contributed by atoms with Crippen LogP contribution < -0.4 is 11.1 Å². The molecule has 0 radical (unpaired) electrons. The number of hydrogen-bond donors (Lipinski definition) is 2. The highest BCUT2D eigenvalue weighted by Crippen LogP contribution is 2.23. The average molecular weight is 343 g/mol. The number of hydrogen-bond acceptors (Lipinski definition) is 3. The maximum atomic E-state index is 11.8. The quantitative estimate of drug-likeness (QED) is 0.662. The predicted molar refractivity (Wildman–Crippen MR) is 91.6 cm³/mol. The van der Waals surface area contributed by atoms with Gasteiger partial charge in [0.1, 0.15) is 11.6 Å². The molecule has 6 nitrogen and oxygen atoms in total. The van der Waals surface area contributed by atoms with Gasteiger partial charge < -0.3 is 10.3 Å². The number of aromatic nitrogens is 1. The standard InChI is InChI=1S/C17H15ClN4O2/c1-10-7-12(8-13(9-19)16(23)21-17(20)24)11(2)22(10)15-5-3-14(18)4-6-15/h3-8H,1-2H3,(H3,20,21,23,24)/b13-8+. The van der Waals surface area contributed by atoms with Crippen molar-refractivity contribution in [2.24, 2.45) is 5.73 Å². The molecule has 122 valence electrons. The maximum Gasteiger partial charge on any atom is 0.319 e. The van der Waals surface area contributed by atoms with Gasteiger partial charge in [0, 0.05) is 22.1 Å². The molecule has 0 aliphatic heterocycles. The number of nitriles is 1. The number of nitrogens with zero attached hydrogens (tertiary/aromatic N) is 2. The molecule has 0 aliphatic rings. The van der Waals surface area contributed by atoms with Crippen LogP contribution in [0.3, 0.4) is 0 Å². The summed E-state index contributed by atoms with van der Waals surface area (Å²) in [6.07, 6.45) is 1.42. The minimum atomic E-state index is -1.01. The third kappa shape index (κ3) is 3.65. The van der Waals surface area contributed by atoms with Gasteiger partial charge in [0.2, 0.25) is 0 Å². The summed E-state index contributed by atoms with van der Waals surface area (Å²) in [7, 11) is 0. The molecular weight excluding hydrogens is 328 g/mol. The van der Waals surface area contributed by atoms with Crippen LogP contribution in [0, 0.1) is 25.2 Å². The number of carbonyl (C=O) groups excluding carboxylic acids is 2. The molecule has 1 aromatic heterocycles. The number of urea groups is 1. The van der Waals surface area contributed by atoms with Crippen molar-refractivity contribution >= 4 is 29.6 Å². The number of nitrogens with two attached hydrogens (primary N) is 1. The van der Waals surface area contributed by atoms with Crippen LogP contribution in [-0.2, 0) is 4.79 Å². The van der Waals surface area contributed by atoms with E-state index < -0.39 is 11.9 Å². The van der Waals surface area contributed by atoms with Crippen molar-refractivity contribution in [1.82, 2.24) is 9.88 Å². The van der Waals surface area contributed by atoms with Crippen molar-refractivity contribution in [3.05, 3.63) is 57.9 Å². The summed E-state index contributed by atoms with van der Waals surface area (Å²) in [6.45, 7) is 3.78. The van der Waals surface area contributed by atoms with Gasteiger partial charge in [0.15, 0.2) is 0 Å². The first kappa shape index (κ1) is 17.3. The highest BCUT2D eigenvalue weighted by Gasteiger charge is 2.14. The van der Waals surface area contributed by atoms with E-state index in [9.17, 15) is 9.59 Å². The summed E-state index contributed by atoms with van der Waals surface area (Å²) in [4.78, 5) is 22.5. The monoisotopic (exact) mass is 342 g/mol. The summed E-state index contributed by atoms with van der Waals surface area (Å²) < 4.78 is 1.98. The van der Waals surface area contributed by atoms with E-state index in [1.807, 2.05) is 41.9 Å². The summed E-state index contributed by atoms with van der Waals surface area (Å²) in [5.74, 6) is -0.832. The first-order valence-electron chi connectivity index (χ1n) is 7.01. The second kappa shape index (κ2) is 7.02. The summed E-state index contributed by atoms with van der Waals surface area (Å²) in [5, 5.41) is 11.6. The number of nitrogens with one attached hydrogen (secondary N) is 1. The smallest absolute Gasteiger partial charge is 0.319 e. The van der Waals surface area contributed by atoms with Gasteiger partial charge >= 0.3 is 6.03 Å². The van der Waals surface area contributed by atoms with E-state index in [1.54, 1.807) is 18.2 Å². The Balaban J connectivity index is 2.46. The van der Waals surface area contributed by atoms with Gasteiger partial charge in [-0.1, -0.05) is 11.6 Å². The molecule has 0 unspecified atom stereocenters. The summed E-state index contributed by atoms with van der Waals surface area (Å²) >= 11 is 5.91. The second-order valence-electron chi connectivity index (χ2n) is 5.13. The lowest BCUT2D eigenvalue weighted by atomic mass is 10.1. The number of rotatable bonds is 3. The minimum absolute atomic E-state index is 0.204. The first-order chi connectivity index (χ1) is 11.3. The SMILES string of the molecule is Cc1cc(/C=C(\C#N)C(=O)NC(N)=O)c(C)n1-c1ccc(Cl)cc1. The van der Waals surface area contributed by atoms with E-state index in [0.29, 0.717) is 10.6 Å². The van der Waals surface area contributed by atoms with Crippen LogP contribution in [0.1, 0.15) is 17.0 Å². The molecule has 0 saturated carbocycles. The van der Waals surface area contributed by atoms with Crippen molar-refractivity contribution in [3.8, 4) is 11.8 Å². The Labute approximate surface area is 144 Å². The van der Waals surface area contributed by atoms with Gasteiger partial charge in [0.25, 0.3) is 5.91 Å².